The van der Waals surface area contributed by atoms with Gasteiger partial charge in [-0.2, -0.15) is 4.57 Å². The van der Waals surface area contributed by atoms with Crippen molar-refractivity contribution in [2.75, 3.05) is 25.0 Å². The fraction of sp³-hybridized carbons (Fsp3) is 0.554. The van der Waals surface area contributed by atoms with E-state index in [0.717, 1.165) is 40.9 Å². The molecule has 1 aromatic heterocycles. The Morgan fingerprint density at radius 1 is 0.658 bits per heavy atom. The van der Waals surface area contributed by atoms with Crippen LogP contribution < -0.4 is 41.8 Å². The van der Waals surface area contributed by atoms with Gasteiger partial charge in [0.15, 0.2) is 6.20 Å². The number of hydrogen-bond acceptors (Lipinski definition) is 14. The second-order valence-electron chi connectivity index (χ2n) is 22.2. The molecule has 20 heteroatoms. The number of rotatable bonds is 25. The summed E-state index contributed by atoms with van der Waals surface area (Å²) in [4.78, 5) is 109. The van der Waals surface area contributed by atoms with Crippen LogP contribution in [-0.2, 0) is 59.1 Å². The van der Waals surface area contributed by atoms with Crippen molar-refractivity contribution in [3.05, 3.63) is 71.4 Å². The van der Waals surface area contributed by atoms with Crippen molar-refractivity contribution in [1.29, 1.82) is 0 Å². The summed E-state index contributed by atoms with van der Waals surface area (Å²) in [6.45, 7) is 19.0. The molecule has 0 unspecified atom stereocenters. The number of hydrogen-bond donors (Lipinski definition) is 6. The van der Waals surface area contributed by atoms with Gasteiger partial charge in [0, 0.05) is 56.4 Å². The maximum atomic E-state index is 14.0. The molecule has 0 radical (unpaired) electrons. The molecule has 2 heterocycles. The van der Waals surface area contributed by atoms with Gasteiger partial charge in [0.1, 0.15) is 41.5 Å². The summed E-state index contributed by atoms with van der Waals surface area (Å²) in [6.07, 6.45) is 5.30. The first kappa shape index (κ1) is 62.0. The van der Waals surface area contributed by atoms with Crippen molar-refractivity contribution in [3.8, 4) is 0 Å². The highest BCUT2D eigenvalue weighted by Gasteiger charge is 2.35. The van der Waals surface area contributed by atoms with Gasteiger partial charge in [-0.1, -0.05) is 49.9 Å². The summed E-state index contributed by atoms with van der Waals surface area (Å²) in [5.74, 6) is -6.31. The van der Waals surface area contributed by atoms with E-state index in [2.05, 4.69) is 97.8 Å². The topological polar surface area (TPSA) is 258 Å². The number of amides is 5. The molecule has 3 aromatic rings. The number of esters is 3. The Labute approximate surface area is 451 Å². The van der Waals surface area contributed by atoms with Crippen LogP contribution in [0.5, 0.6) is 0 Å². The van der Waals surface area contributed by atoms with Gasteiger partial charge in [-0.25, -0.2) is 0 Å². The largest absolute Gasteiger partial charge is 0.460 e. The number of aromatic nitrogens is 1. The van der Waals surface area contributed by atoms with Gasteiger partial charge in [0.05, 0.1) is 35.0 Å². The average Bonchev–Trinajstić information content (AvgIpc) is 3.62. The van der Waals surface area contributed by atoms with Crippen molar-refractivity contribution in [3.63, 3.8) is 0 Å². The fourth-order valence-corrected chi connectivity index (χ4v) is 9.12. The van der Waals surface area contributed by atoms with E-state index in [1.54, 1.807) is 87.9 Å². The van der Waals surface area contributed by atoms with E-state index in [4.69, 9.17) is 19.9 Å². The molecule has 76 heavy (non-hydrogen) atoms. The first-order chi connectivity index (χ1) is 35.5. The number of carbonyl (C=O) groups is 8. The molecular weight excluding hydrogens is 993 g/mol. The molecule has 0 spiro atoms. The summed E-state index contributed by atoms with van der Waals surface area (Å²) in [5.41, 5.74) is 6.90. The van der Waals surface area contributed by atoms with Crippen LogP contribution in [0, 0.1) is 5.92 Å². The molecule has 4 atom stereocenters. The van der Waals surface area contributed by atoms with Crippen LogP contribution in [0.4, 0.5) is 5.69 Å². The highest BCUT2D eigenvalue weighted by atomic mass is 32.2. The SMILES string of the molecule is CC(C)[C@H](NC(=O)[C@H](CCC(=O)OC(C)(C)C)NC(=O)[C@@H](N)CC(=O)OC(C)(C)C)C(=O)N[C@@H](CC(=O)OC(C)(C)C)C(=O)NCCNC(=O)CCCCC[n+]1ccc(C=C2Sc3ccccc3N2C)c2ccccc21. The van der Waals surface area contributed by atoms with Gasteiger partial charge in [-0.3, -0.25) is 38.4 Å². The Kier molecular flexibility index (Phi) is 22.9. The number of pyridine rings is 1. The third-order valence-electron chi connectivity index (χ3n) is 11.6. The minimum Gasteiger partial charge on any atom is -0.460 e. The lowest BCUT2D eigenvalue weighted by Gasteiger charge is -2.28. The zero-order chi connectivity index (χ0) is 56.5. The summed E-state index contributed by atoms with van der Waals surface area (Å²) >= 11 is 1.76. The van der Waals surface area contributed by atoms with Crippen molar-refractivity contribution < 1.29 is 57.1 Å². The first-order valence-electron chi connectivity index (χ1n) is 26.0. The van der Waals surface area contributed by atoms with E-state index >= 15 is 0 Å². The molecule has 4 rings (SSSR count). The number of thioether (sulfide) groups is 1. The lowest BCUT2D eigenvalue weighted by Crippen LogP contribution is -2.59. The monoisotopic (exact) mass is 1070 g/mol. The van der Waals surface area contributed by atoms with Crippen LogP contribution >= 0.6 is 11.8 Å². The predicted octanol–water partition coefficient (Wildman–Crippen LogP) is 5.48. The normalized spacial score (nSPS) is 14.7. The second-order valence-corrected chi connectivity index (χ2v) is 23.3. The second kappa shape index (κ2) is 28.0. The quantitative estimate of drug-likeness (QED) is 0.0266. The number of carbonyl (C=O) groups excluding carboxylic acids is 8. The van der Waals surface area contributed by atoms with E-state index in [0.29, 0.717) is 6.42 Å². The zero-order valence-corrected chi connectivity index (χ0v) is 47.2. The fourth-order valence-electron chi connectivity index (χ4n) is 8.02. The van der Waals surface area contributed by atoms with E-state index in [1.165, 1.54) is 10.6 Å². The Balaban J connectivity index is 1.32. The number of nitrogens with one attached hydrogen (secondary N) is 5. The molecule has 5 amide bonds. The highest BCUT2D eigenvalue weighted by molar-refractivity contribution is 8.03. The molecule has 0 saturated heterocycles. The lowest BCUT2D eigenvalue weighted by molar-refractivity contribution is -0.671. The van der Waals surface area contributed by atoms with Crippen LogP contribution in [0.1, 0.15) is 133 Å². The maximum Gasteiger partial charge on any atom is 0.308 e. The molecule has 0 aliphatic carbocycles. The number of para-hydroxylation sites is 2. The molecule has 1 aliphatic rings. The van der Waals surface area contributed by atoms with Gasteiger partial charge < -0.3 is 51.4 Å². The number of aryl methyl sites for hydroxylation is 1. The van der Waals surface area contributed by atoms with Gasteiger partial charge in [-0.15, -0.1) is 0 Å². The molecule has 416 valence electrons. The van der Waals surface area contributed by atoms with Crippen molar-refractivity contribution in [2.45, 2.75) is 180 Å². The van der Waals surface area contributed by atoms with E-state index in [1.807, 2.05) is 12.1 Å². The van der Waals surface area contributed by atoms with Crippen LogP contribution in [0.25, 0.3) is 17.0 Å². The van der Waals surface area contributed by atoms with Crippen LogP contribution in [0.3, 0.4) is 0 Å². The number of anilines is 1. The smallest absolute Gasteiger partial charge is 0.308 e. The van der Waals surface area contributed by atoms with E-state index < -0.39 is 101 Å². The number of unbranched alkanes of at least 4 members (excludes halogenated alkanes) is 2. The van der Waals surface area contributed by atoms with Crippen molar-refractivity contribution in [2.24, 2.45) is 11.7 Å². The van der Waals surface area contributed by atoms with Crippen LogP contribution in [0.15, 0.2) is 70.7 Å². The molecule has 0 fully saturated rings. The van der Waals surface area contributed by atoms with Gasteiger partial charge in [0.2, 0.25) is 35.1 Å². The molecule has 0 bridgehead atoms. The number of benzene rings is 2. The molecule has 1 aliphatic heterocycles. The number of nitrogens with two attached hydrogens (primary N) is 1. The van der Waals surface area contributed by atoms with Crippen LogP contribution in [0.2, 0.25) is 0 Å². The summed E-state index contributed by atoms with van der Waals surface area (Å²) < 4.78 is 18.4. The maximum absolute atomic E-state index is 14.0. The zero-order valence-electron chi connectivity index (χ0n) is 46.4. The molecular formula is C56H81N8O11S+. The third kappa shape index (κ3) is 20.9. The third-order valence-corrected chi connectivity index (χ3v) is 12.7. The van der Waals surface area contributed by atoms with E-state index in [9.17, 15) is 38.4 Å². The number of fused-ring (bicyclic) bond motifs is 2. The Morgan fingerprint density at radius 2 is 1.25 bits per heavy atom. The Bertz CT molecular complexity index is 2580. The Morgan fingerprint density at radius 3 is 1.89 bits per heavy atom. The number of nitrogens with zero attached hydrogens (tertiary/aromatic N) is 2. The Hall–Kier alpha value is -6.54. The van der Waals surface area contributed by atoms with Gasteiger partial charge in [-0.05, 0) is 117 Å². The molecule has 0 saturated carbocycles. The summed E-state index contributed by atoms with van der Waals surface area (Å²) in [7, 11) is 2.09. The predicted molar refractivity (Wildman–Crippen MR) is 292 cm³/mol. The minimum absolute atomic E-state index is 0.0248. The minimum atomic E-state index is -1.46. The first-order valence-corrected chi connectivity index (χ1v) is 26.8. The highest BCUT2D eigenvalue weighted by Crippen LogP contribution is 2.45. The van der Waals surface area contributed by atoms with E-state index in [-0.39, 0.29) is 38.3 Å². The molecule has 7 N–H and O–H groups in total. The van der Waals surface area contributed by atoms with Crippen LogP contribution in [-0.4, -0.2) is 109 Å². The summed E-state index contributed by atoms with van der Waals surface area (Å²) in [6, 6.07) is 13.2. The summed E-state index contributed by atoms with van der Waals surface area (Å²) in [5, 5.41) is 15.5. The standard InChI is InChI=1S/C56H80N8O11S/c1-35(2)49(62-52(71)39(25-26-46(66)73-54(3,4)5)60-50(69)38(57)33-47(67)74-55(6,7)8)53(72)61-40(34-48(68)75-56(9,10)11)51(70)59-29-28-58-44(65)24-14-13-19-30-64-31-27-36(37-20-15-16-21-41(37)64)32-45-63(12)42-22-17-18-23-43(42)76-45/h15-18,20-23,27,31-32,35,38-40,49H,13-14,19,24-26,28-30,33-34,57H2,1-12H3,(H4-,58,59,60,61,62,65,69,70,71,72)/p+1/t38-,39-,40-,49-/m0/s1. The molecule has 19 nitrogen and oxygen atoms in total. The number of ether oxygens (including phenoxy) is 3. The van der Waals surface area contributed by atoms with Gasteiger partial charge in [0.25, 0.3) is 0 Å². The average molecular weight is 1070 g/mol. The van der Waals surface area contributed by atoms with Crippen molar-refractivity contribution in [1.82, 2.24) is 26.6 Å². The lowest BCUT2D eigenvalue weighted by atomic mass is 10.0. The van der Waals surface area contributed by atoms with Crippen molar-refractivity contribution >= 4 is 81.9 Å². The van der Waals surface area contributed by atoms with Gasteiger partial charge >= 0.3 is 17.9 Å². The molecule has 2 aromatic carbocycles.